The van der Waals surface area contributed by atoms with Gasteiger partial charge in [0.1, 0.15) is 5.75 Å². The van der Waals surface area contributed by atoms with E-state index in [0.717, 1.165) is 25.3 Å². The van der Waals surface area contributed by atoms with E-state index < -0.39 is 0 Å². The Hall–Kier alpha value is -1.84. The summed E-state index contributed by atoms with van der Waals surface area (Å²) in [6, 6.07) is 17.7. The number of piperidine rings is 1. The van der Waals surface area contributed by atoms with Crippen molar-refractivity contribution >= 4 is 0 Å². The summed E-state index contributed by atoms with van der Waals surface area (Å²) in [5.41, 5.74) is 3.89. The summed E-state index contributed by atoms with van der Waals surface area (Å²) in [5, 5.41) is 7.57. The predicted octanol–water partition coefficient (Wildman–Crippen LogP) is 4.01. The fourth-order valence-electron chi connectivity index (χ4n) is 3.88. The molecule has 0 aliphatic carbocycles. The molecule has 134 valence electrons. The Balaban J connectivity index is 1.79. The van der Waals surface area contributed by atoms with Crippen LogP contribution in [0.1, 0.15) is 43.4 Å². The van der Waals surface area contributed by atoms with Crippen LogP contribution in [-0.2, 0) is 18.5 Å². The van der Waals surface area contributed by atoms with Gasteiger partial charge in [0, 0.05) is 18.2 Å². The largest absolute Gasteiger partial charge is 0.496 e. The highest BCUT2D eigenvalue weighted by Gasteiger charge is 2.37. The standard InChI is InChI=1S/C22H30N2O/c1-4-17-12-13-20(25-3)18(15-17)16-23-21-11-8-14-24-22(21,2)19-9-6-5-7-10-19/h5-7,9-10,12-13,15,21,23-24H,4,8,11,14,16H2,1-3H3/t21-,22-/m1/s1. The van der Waals surface area contributed by atoms with Crippen LogP contribution in [0.2, 0.25) is 0 Å². The van der Waals surface area contributed by atoms with E-state index >= 15 is 0 Å². The van der Waals surface area contributed by atoms with Crippen LogP contribution in [0.3, 0.4) is 0 Å². The summed E-state index contributed by atoms with van der Waals surface area (Å²) < 4.78 is 5.57. The summed E-state index contributed by atoms with van der Waals surface area (Å²) in [7, 11) is 1.75. The van der Waals surface area contributed by atoms with Gasteiger partial charge in [-0.25, -0.2) is 0 Å². The van der Waals surface area contributed by atoms with E-state index in [1.54, 1.807) is 7.11 Å². The number of hydrogen-bond acceptors (Lipinski definition) is 3. The van der Waals surface area contributed by atoms with E-state index in [2.05, 4.69) is 73.0 Å². The van der Waals surface area contributed by atoms with Gasteiger partial charge in [-0.2, -0.15) is 0 Å². The number of aryl methyl sites for hydroxylation is 1. The molecule has 0 radical (unpaired) electrons. The first-order valence-electron chi connectivity index (χ1n) is 9.37. The lowest BCUT2D eigenvalue weighted by Gasteiger charge is -2.43. The van der Waals surface area contributed by atoms with Crippen molar-refractivity contribution in [2.24, 2.45) is 0 Å². The topological polar surface area (TPSA) is 33.3 Å². The fourth-order valence-corrected chi connectivity index (χ4v) is 3.88. The zero-order valence-corrected chi connectivity index (χ0v) is 15.6. The van der Waals surface area contributed by atoms with Crippen LogP contribution in [-0.4, -0.2) is 19.7 Å². The Morgan fingerprint density at radius 1 is 1.20 bits per heavy atom. The molecule has 3 rings (SSSR count). The molecule has 2 aromatic rings. The molecule has 0 unspecified atom stereocenters. The second-order valence-corrected chi connectivity index (χ2v) is 7.07. The van der Waals surface area contributed by atoms with E-state index in [4.69, 9.17) is 4.74 Å². The van der Waals surface area contributed by atoms with Crippen molar-refractivity contribution in [2.75, 3.05) is 13.7 Å². The average Bonchev–Trinajstić information content (AvgIpc) is 2.67. The summed E-state index contributed by atoms with van der Waals surface area (Å²) in [6.45, 7) is 6.40. The lowest BCUT2D eigenvalue weighted by atomic mass is 9.79. The number of hydrogen-bond donors (Lipinski definition) is 2. The van der Waals surface area contributed by atoms with Crippen molar-refractivity contribution in [1.82, 2.24) is 10.6 Å². The van der Waals surface area contributed by atoms with Crippen LogP contribution < -0.4 is 15.4 Å². The molecule has 0 amide bonds. The lowest BCUT2D eigenvalue weighted by molar-refractivity contribution is 0.201. The molecule has 1 heterocycles. The Bertz CT molecular complexity index is 686. The molecule has 0 spiro atoms. The Morgan fingerprint density at radius 2 is 2.00 bits per heavy atom. The smallest absolute Gasteiger partial charge is 0.123 e. The van der Waals surface area contributed by atoms with Gasteiger partial charge in [-0.1, -0.05) is 49.4 Å². The van der Waals surface area contributed by atoms with E-state index in [1.165, 1.54) is 29.5 Å². The summed E-state index contributed by atoms with van der Waals surface area (Å²) in [5.74, 6) is 0.967. The maximum absolute atomic E-state index is 5.57. The van der Waals surface area contributed by atoms with Crippen LogP contribution in [0.4, 0.5) is 0 Å². The van der Waals surface area contributed by atoms with Crippen molar-refractivity contribution in [3.05, 3.63) is 65.2 Å². The zero-order chi connectivity index (χ0) is 17.7. The van der Waals surface area contributed by atoms with Crippen molar-refractivity contribution in [3.8, 4) is 5.75 Å². The number of benzene rings is 2. The van der Waals surface area contributed by atoms with Gasteiger partial charge in [-0.05, 0) is 49.9 Å². The van der Waals surface area contributed by atoms with Gasteiger partial charge in [0.25, 0.3) is 0 Å². The number of rotatable bonds is 6. The summed E-state index contributed by atoms with van der Waals surface area (Å²) in [6.07, 6.45) is 3.42. The average molecular weight is 338 g/mol. The quantitative estimate of drug-likeness (QED) is 0.835. The minimum Gasteiger partial charge on any atom is -0.496 e. The van der Waals surface area contributed by atoms with E-state index in [0.29, 0.717) is 6.04 Å². The third-order valence-corrected chi connectivity index (χ3v) is 5.52. The Morgan fingerprint density at radius 3 is 2.72 bits per heavy atom. The number of methoxy groups -OCH3 is 1. The van der Waals surface area contributed by atoms with Crippen LogP contribution in [0.15, 0.2) is 48.5 Å². The number of nitrogens with one attached hydrogen (secondary N) is 2. The highest BCUT2D eigenvalue weighted by molar-refractivity contribution is 5.37. The molecule has 0 aromatic heterocycles. The molecule has 25 heavy (non-hydrogen) atoms. The minimum absolute atomic E-state index is 0.0465. The van der Waals surface area contributed by atoms with Crippen LogP contribution >= 0.6 is 0 Å². The Labute approximate surface area is 151 Å². The van der Waals surface area contributed by atoms with Gasteiger partial charge in [-0.3, -0.25) is 0 Å². The normalized spacial score (nSPS) is 23.4. The molecule has 0 bridgehead atoms. The molecule has 1 fully saturated rings. The summed E-state index contributed by atoms with van der Waals surface area (Å²) in [4.78, 5) is 0. The first-order chi connectivity index (χ1) is 12.2. The molecular formula is C22H30N2O. The molecule has 0 saturated carbocycles. The molecule has 2 aromatic carbocycles. The Kier molecular flexibility index (Phi) is 5.77. The maximum atomic E-state index is 5.57. The molecule has 2 N–H and O–H groups in total. The minimum atomic E-state index is -0.0465. The van der Waals surface area contributed by atoms with Crippen LogP contribution in [0.25, 0.3) is 0 Å². The summed E-state index contributed by atoms with van der Waals surface area (Å²) >= 11 is 0. The third-order valence-electron chi connectivity index (χ3n) is 5.52. The molecule has 3 nitrogen and oxygen atoms in total. The van der Waals surface area contributed by atoms with Gasteiger partial charge in [0.05, 0.1) is 12.6 Å². The first kappa shape index (κ1) is 18.0. The second kappa shape index (κ2) is 8.03. The van der Waals surface area contributed by atoms with Crippen molar-refractivity contribution < 1.29 is 4.74 Å². The first-order valence-corrected chi connectivity index (χ1v) is 9.37. The van der Waals surface area contributed by atoms with E-state index in [9.17, 15) is 0 Å². The lowest BCUT2D eigenvalue weighted by Crippen LogP contribution is -2.58. The van der Waals surface area contributed by atoms with Gasteiger partial charge in [0.2, 0.25) is 0 Å². The molecule has 1 saturated heterocycles. The van der Waals surface area contributed by atoms with Crippen LogP contribution in [0.5, 0.6) is 5.75 Å². The van der Waals surface area contributed by atoms with Crippen LogP contribution in [0, 0.1) is 0 Å². The van der Waals surface area contributed by atoms with Gasteiger partial charge < -0.3 is 15.4 Å². The van der Waals surface area contributed by atoms with Gasteiger partial charge >= 0.3 is 0 Å². The fraction of sp³-hybridized carbons (Fsp3) is 0.455. The van der Waals surface area contributed by atoms with Crippen molar-refractivity contribution in [3.63, 3.8) is 0 Å². The van der Waals surface area contributed by atoms with E-state index in [1.807, 2.05) is 0 Å². The molecular weight excluding hydrogens is 308 g/mol. The SMILES string of the molecule is CCc1ccc(OC)c(CN[C@@H]2CCCN[C@]2(C)c2ccccc2)c1. The van der Waals surface area contributed by atoms with Gasteiger partial charge in [-0.15, -0.1) is 0 Å². The monoisotopic (exact) mass is 338 g/mol. The highest BCUT2D eigenvalue weighted by Crippen LogP contribution is 2.31. The zero-order valence-electron chi connectivity index (χ0n) is 15.6. The molecule has 3 heteroatoms. The maximum Gasteiger partial charge on any atom is 0.123 e. The second-order valence-electron chi connectivity index (χ2n) is 7.07. The van der Waals surface area contributed by atoms with Gasteiger partial charge in [0.15, 0.2) is 0 Å². The highest BCUT2D eigenvalue weighted by atomic mass is 16.5. The molecule has 1 aliphatic heterocycles. The van der Waals surface area contributed by atoms with Crippen molar-refractivity contribution in [1.29, 1.82) is 0 Å². The van der Waals surface area contributed by atoms with Crippen molar-refractivity contribution in [2.45, 2.75) is 51.2 Å². The number of ether oxygens (including phenoxy) is 1. The van der Waals surface area contributed by atoms with E-state index in [-0.39, 0.29) is 5.54 Å². The third kappa shape index (κ3) is 3.88. The molecule has 2 atom stereocenters. The molecule has 1 aliphatic rings. The predicted molar refractivity (Wildman–Crippen MR) is 104 cm³/mol.